The lowest BCUT2D eigenvalue weighted by molar-refractivity contribution is 0.0992. The molecule has 0 unspecified atom stereocenters. The Hall–Kier alpha value is -2.81. The number of furan rings is 1. The summed E-state index contributed by atoms with van der Waals surface area (Å²) in [5.41, 5.74) is 0.279. The summed E-state index contributed by atoms with van der Waals surface area (Å²) in [5, 5.41) is 3.15. The lowest BCUT2D eigenvalue weighted by Gasteiger charge is -2.25. The van der Waals surface area contributed by atoms with Crippen molar-refractivity contribution in [3.05, 3.63) is 71.1 Å². The minimum Gasteiger partial charge on any atom is -0.497 e. The van der Waals surface area contributed by atoms with Gasteiger partial charge in [0.05, 0.1) is 23.4 Å². The van der Waals surface area contributed by atoms with E-state index >= 15 is 0 Å². The summed E-state index contributed by atoms with van der Waals surface area (Å²) < 4.78 is 37.2. The van der Waals surface area contributed by atoms with E-state index in [1.54, 1.807) is 18.2 Å². The number of sulfone groups is 1. The Balaban J connectivity index is 1.53. The van der Waals surface area contributed by atoms with Gasteiger partial charge in [0.25, 0.3) is 5.91 Å². The third-order valence-corrected chi connectivity index (χ3v) is 7.52. The fourth-order valence-corrected chi connectivity index (χ4v) is 5.23. The minimum atomic E-state index is -3.84. The first-order valence-electron chi connectivity index (χ1n) is 10.7. The molecule has 1 fully saturated rings. The second kappa shape index (κ2) is 9.99. The molecule has 2 aromatic carbocycles. The van der Waals surface area contributed by atoms with Gasteiger partial charge in [0, 0.05) is 16.8 Å². The molecule has 2 heterocycles. The Kier molecular flexibility index (Phi) is 7.07. The van der Waals surface area contributed by atoms with Crippen LogP contribution in [0.4, 0.5) is 5.69 Å². The van der Waals surface area contributed by atoms with E-state index in [0.29, 0.717) is 17.3 Å². The van der Waals surface area contributed by atoms with E-state index in [0.717, 1.165) is 18.8 Å². The molecule has 0 spiro atoms. The standard InChI is InChI=1S/C24H25ClN2O5S/c1-31-20-13-18(14-22(15-20)33(29,30)21-8-5-17(25)6-9-21)26-24(28)23-10-7-19(32-23)16-27-11-3-2-4-12-27/h5-10,13-15H,2-4,11-12,16H2,1H3,(H,26,28). The monoisotopic (exact) mass is 488 g/mol. The average molecular weight is 489 g/mol. The summed E-state index contributed by atoms with van der Waals surface area (Å²) in [7, 11) is -2.41. The van der Waals surface area contributed by atoms with Gasteiger partial charge in [-0.3, -0.25) is 9.69 Å². The number of amides is 1. The number of likely N-dealkylation sites (tertiary alicyclic amines) is 1. The number of nitrogens with one attached hydrogen (secondary N) is 1. The fraction of sp³-hybridized carbons (Fsp3) is 0.292. The molecule has 4 rings (SSSR count). The zero-order valence-corrected chi connectivity index (χ0v) is 19.8. The number of methoxy groups -OCH3 is 1. The van der Waals surface area contributed by atoms with Crippen LogP contribution in [0.3, 0.4) is 0 Å². The summed E-state index contributed by atoms with van der Waals surface area (Å²) >= 11 is 5.88. The highest BCUT2D eigenvalue weighted by Crippen LogP contribution is 2.29. The molecule has 1 amide bonds. The predicted molar refractivity (Wildman–Crippen MR) is 126 cm³/mol. The number of piperidine rings is 1. The number of carbonyl (C=O) groups excluding carboxylic acids is 1. The first-order valence-corrected chi connectivity index (χ1v) is 12.5. The van der Waals surface area contributed by atoms with E-state index < -0.39 is 15.7 Å². The maximum Gasteiger partial charge on any atom is 0.291 e. The van der Waals surface area contributed by atoms with Crippen molar-refractivity contribution in [3.63, 3.8) is 0 Å². The number of hydrogen-bond acceptors (Lipinski definition) is 6. The van der Waals surface area contributed by atoms with Crippen molar-refractivity contribution in [2.75, 3.05) is 25.5 Å². The lowest BCUT2D eigenvalue weighted by Crippen LogP contribution is -2.28. The number of hydrogen-bond donors (Lipinski definition) is 1. The molecule has 7 nitrogen and oxygen atoms in total. The molecule has 0 saturated carbocycles. The fourth-order valence-electron chi connectivity index (χ4n) is 3.78. The molecular formula is C24H25ClN2O5S. The van der Waals surface area contributed by atoms with Crippen LogP contribution in [0.5, 0.6) is 5.75 Å². The molecule has 1 aliphatic heterocycles. The van der Waals surface area contributed by atoms with Crippen LogP contribution in [0.1, 0.15) is 35.6 Å². The maximum absolute atomic E-state index is 13.1. The van der Waals surface area contributed by atoms with E-state index in [1.807, 2.05) is 0 Å². The van der Waals surface area contributed by atoms with Crippen molar-refractivity contribution >= 4 is 33.0 Å². The van der Waals surface area contributed by atoms with Gasteiger partial charge < -0.3 is 14.5 Å². The van der Waals surface area contributed by atoms with Gasteiger partial charge in [0.2, 0.25) is 9.84 Å². The van der Waals surface area contributed by atoms with E-state index in [1.165, 1.54) is 62.8 Å². The SMILES string of the molecule is COc1cc(NC(=O)c2ccc(CN3CCCCC3)o2)cc(S(=O)(=O)c2ccc(Cl)cc2)c1. The highest BCUT2D eigenvalue weighted by molar-refractivity contribution is 7.91. The van der Waals surface area contributed by atoms with Crippen LogP contribution in [0, 0.1) is 0 Å². The Bertz CT molecular complexity index is 1230. The predicted octanol–water partition coefficient (Wildman–Crippen LogP) is 5.01. The zero-order chi connectivity index (χ0) is 23.4. The number of carbonyl (C=O) groups is 1. The Morgan fingerprint density at radius 3 is 2.45 bits per heavy atom. The molecule has 1 aromatic heterocycles. The summed E-state index contributed by atoms with van der Waals surface area (Å²) in [4.78, 5) is 15.1. The molecule has 1 aliphatic rings. The van der Waals surface area contributed by atoms with Gasteiger partial charge in [0.15, 0.2) is 5.76 Å². The van der Waals surface area contributed by atoms with E-state index in [2.05, 4.69) is 10.2 Å². The van der Waals surface area contributed by atoms with Crippen molar-refractivity contribution in [3.8, 4) is 5.75 Å². The van der Waals surface area contributed by atoms with Crippen molar-refractivity contribution < 1.29 is 22.4 Å². The van der Waals surface area contributed by atoms with Crippen molar-refractivity contribution in [1.82, 2.24) is 4.90 Å². The van der Waals surface area contributed by atoms with E-state index in [9.17, 15) is 13.2 Å². The van der Waals surface area contributed by atoms with Gasteiger partial charge in [-0.15, -0.1) is 0 Å². The first kappa shape index (κ1) is 23.4. The molecule has 0 aliphatic carbocycles. The summed E-state index contributed by atoms with van der Waals surface area (Å²) in [6.45, 7) is 2.71. The van der Waals surface area contributed by atoms with Crippen molar-refractivity contribution in [2.24, 2.45) is 0 Å². The van der Waals surface area contributed by atoms with Crippen molar-refractivity contribution in [1.29, 1.82) is 0 Å². The third-order valence-electron chi connectivity index (χ3n) is 5.52. The molecule has 0 bridgehead atoms. The molecule has 0 atom stereocenters. The molecular weight excluding hydrogens is 464 g/mol. The second-order valence-corrected chi connectivity index (χ2v) is 10.3. The highest BCUT2D eigenvalue weighted by atomic mass is 35.5. The topological polar surface area (TPSA) is 88.8 Å². The smallest absolute Gasteiger partial charge is 0.291 e. The van der Waals surface area contributed by atoms with Gasteiger partial charge in [-0.05, 0) is 74.5 Å². The zero-order valence-electron chi connectivity index (χ0n) is 18.2. The van der Waals surface area contributed by atoms with Gasteiger partial charge in [0.1, 0.15) is 11.5 Å². The van der Waals surface area contributed by atoms with Gasteiger partial charge >= 0.3 is 0 Å². The Morgan fingerprint density at radius 2 is 1.76 bits per heavy atom. The summed E-state index contributed by atoms with van der Waals surface area (Å²) in [6, 6.07) is 13.7. The van der Waals surface area contributed by atoms with E-state index in [-0.39, 0.29) is 21.2 Å². The molecule has 3 aromatic rings. The number of ether oxygens (including phenoxy) is 1. The van der Waals surface area contributed by atoms with Gasteiger partial charge in [-0.2, -0.15) is 0 Å². The third kappa shape index (κ3) is 5.58. The van der Waals surface area contributed by atoms with E-state index in [4.69, 9.17) is 20.8 Å². The number of benzene rings is 2. The van der Waals surface area contributed by atoms with Crippen molar-refractivity contribution in [2.45, 2.75) is 35.6 Å². The Labute approximate surface area is 198 Å². The maximum atomic E-state index is 13.1. The molecule has 0 radical (unpaired) electrons. The number of halogens is 1. The average Bonchev–Trinajstić information content (AvgIpc) is 3.28. The molecule has 174 valence electrons. The number of nitrogens with zero attached hydrogens (tertiary/aromatic N) is 1. The molecule has 1 N–H and O–H groups in total. The molecule has 33 heavy (non-hydrogen) atoms. The van der Waals surface area contributed by atoms with Crippen LogP contribution in [-0.2, 0) is 16.4 Å². The Morgan fingerprint density at radius 1 is 1.03 bits per heavy atom. The second-order valence-electron chi connectivity index (χ2n) is 7.91. The highest BCUT2D eigenvalue weighted by Gasteiger charge is 2.21. The summed E-state index contributed by atoms with van der Waals surface area (Å²) in [5.74, 6) is 0.708. The summed E-state index contributed by atoms with van der Waals surface area (Å²) in [6.07, 6.45) is 3.59. The van der Waals surface area contributed by atoms with Gasteiger partial charge in [-0.1, -0.05) is 18.0 Å². The first-order chi connectivity index (χ1) is 15.8. The number of rotatable bonds is 7. The largest absolute Gasteiger partial charge is 0.497 e. The van der Waals surface area contributed by atoms with Crippen LogP contribution >= 0.6 is 11.6 Å². The minimum absolute atomic E-state index is 0.00953. The molecule has 9 heteroatoms. The molecule has 1 saturated heterocycles. The van der Waals surface area contributed by atoms with Crippen LogP contribution in [0.25, 0.3) is 0 Å². The quantitative estimate of drug-likeness (QED) is 0.502. The van der Waals surface area contributed by atoms with Crippen LogP contribution in [0.2, 0.25) is 5.02 Å². The lowest BCUT2D eigenvalue weighted by atomic mass is 10.1. The normalized spacial score (nSPS) is 14.7. The van der Waals surface area contributed by atoms with Crippen LogP contribution < -0.4 is 10.1 Å². The van der Waals surface area contributed by atoms with Crippen LogP contribution in [0.15, 0.2) is 68.8 Å². The van der Waals surface area contributed by atoms with Crippen LogP contribution in [-0.4, -0.2) is 39.4 Å². The van der Waals surface area contributed by atoms with Gasteiger partial charge in [-0.25, -0.2) is 8.42 Å². The number of anilines is 1.